The molecule has 11 heteroatoms. The first-order valence-corrected chi connectivity index (χ1v) is 13.1. The summed E-state index contributed by atoms with van der Waals surface area (Å²) in [6, 6.07) is 8.06. The minimum atomic E-state index is -0.733. The fourth-order valence-corrected chi connectivity index (χ4v) is 6.00. The molecule has 0 saturated heterocycles. The van der Waals surface area contributed by atoms with Crippen LogP contribution in [0.1, 0.15) is 41.7 Å². The first-order valence-electron chi connectivity index (χ1n) is 12.0. The van der Waals surface area contributed by atoms with Crippen molar-refractivity contribution in [1.29, 1.82) is 0 Å². The van der Waals surface area contributed by atoms with Gasteiger partial charge in [-0.2, -0.15) is 0 Å². The average molecular weight is 635 g/mol. The van der Waals surface area contributed by atoms with E-state index in [1.54, 1.807) is 25.5 Å². The molecule has 4 rings (SSSR count). The van der Waals surface area contributed by atoms with E-state index in [4.69, 9.17) is 10.5 Å². The van der Waals surface area contributed by atoms with Crippen LogP contribution in [0.5, 0.6) is 0 Å². The molecule has 8 nitrogen and oxygen atoms in total. The van der Waals surface area contributed by atoms with Crippen molar-refractivity contribution in [3.05, 3.63) is 75.3 Å². The highest BCUT2D eigenvalue weighted by Gasteiger charge is 2.39. The zero-order chi connectivity index (χ0) is 27.6. The summed E-state index contributed by atoms with van der Waals surface area (Å²) in [5, 5.41) is 2.84. The number of nitrogens with zero attached hydrogens (tertiary/aromatic N) is 3. The fourth-order valence-electron chi connectivity index (χ4n) is 5.28. The van der Waals surface area contributed by atoms with E-state index in [9.17, 15) is 18.4 Å². The van der Waals surface area contributed by atoms with Crippen molar-refractivity contribution in [2.24, 2.45) is 11.7 Å². The molecule has 0 unspecified atom stereocenters. The molecule has 1 fully saturated rings. The summed E-state index contributed by atoms with van der Waals surface area (Å²) in [5.74, 6) is -1.88. The Labute approximate surface area is 233 Å². The summed E-state index contributed by atoms with van der Waals surface area (Å²) >= 11 is 1.90. The molecule has 1 aromatic carbocycles. The number of likely N-dealkylation sites (N-methyl/N-ethyl adjacent to an activating group) is 1. The van der Waals surface area contributed by atoms with E-state index < -0.39 is 23.6 Å². The second-order valence-electron chi connectivity index (χ2n) is 9.42. The lowest BCUT2D eigenvalue weighted by molar-refractivity contribution is 0.0778. The summed E-state index contributed by atoms with van der Waals surface area (Å²) in [7, 11) is 3.01. The highest BCUT2D eigenvalue weighted by Crippen LogP contribution is 2.40. The molecule has 1 aliphatic carbocycles. The van der Waals surface area contributed by atoms with E-state index in [1.807, 2.05) is 35.6 Å². The largest absolute Gasteiger partial charge is 0.453 e. The Morgan fingerprint density at radius 3 is 2.61 bits per heavy atom. The van der Waals surface area contributed by atoms with Gasteiger partial charge in [-0.1, -0.05) is 13.0 Å². The molecule has 3 N–H and O–H groups in total. The molecule has 4 atom stereocenters. The third-order valence-electron chi connectivity index (χ3n) is 6.97. The van der Waals surface area contributed by atoms with E-state index in [0.717, 1.165) is 18.1 Å². The number of hydrogen-bond donors (Lipinski definition) is 2. The Morgan fingerprint density at radius 1 is 1.16 bits per heavy atom. The van der Waals surface area contributed by atoms with E-state index >= 15 is 0 Å². The second kappa shape index (κ2) is 11.7. The van der Waals surface area contributed by atoms with Crippen LogP contribution in [0, 0.1) is 21.1 Å². The third kappa shape index (κ3) is 5.63. The normalized spacial score (nSPS) is 21.0. The minimum Gasteiger partial charge on any atom is -0.453 e. The predicted molar refractivity (Wildman–Crippen MR) is 148 cm³/mol. The van der Waals surface area contributed by atoms with E-state index in [0.29, 0.717) is 15.7 Å². The number of nitrogens with one attached hydrogen (secondary N) is 1. The third-order valence-corrected chi connectivity index (χ3v) is 7.86. The number of ether oxygens (including phenoxy) is 1. The van der Waals surface area contributed by atoms with Gasteiger partial charge in [-0.3, -0.25) is 9.78 Å². The topological polar surface area (TPSA) is 110 Å². The van der Waals surface area contributed by atoms with Crippen molar-refractivity contribution < 1.29 is 23.1 Å². The molecule has 2 heterocycles. The number of nitrogens with two attached hydrogens (primary N) is 1. The minimum absolute atomic E-state index is 0.000950. The van der Waals surface area contributed by atoms with Crippen molar-refractivity contribution in [3.63, 3.8) is 0 Å². The summed E-state index contributed by atoms with van der Waals surface area (Å²) in [5.41, 5.74) is 7.54. The maximum atomic E-state index is 14.6. The average Bonchev–Trinajstić information content (AvgIpc) is 2.88. The number of aromatic nitrogens is 2. The summed E-state index contributed by atoms with van der Waals surface area (Å²) in [4.78, 5) is 35.1. The summed E-state index contributed by atoms with van der Waals surface area (Å²) in [6.45, 7) is 2.03. The zero-order valence-corrected chi connectivity index (χ0v) is 23.3. The number of anilines is 1. The van der Waals surface area contributed by atoms with Crippen LogP contribution >= 0.6 is 22.6 Å². The van der Waals surface area contributed by atoms with Crippen molar-refractivity contribution in [2.75, 3.05) is 19.5 Å². The molecule has 0 spiro atoms. The molecule has 0 radical (unpaired) electrons. The SMILES string of the molecule is COC(=O)N(C)[C@@H]1[C@H](N)C[C@H](c2ccncc2NC(=O)c2ccc(F)c(-c3c(F)cccc3I)n2)C[C@@H]1C. The van der Waals surface area contributed by atoms with Crippen LogP contribution in [-0.2, 0) is 4.74 Å². The number of amides is 2. The Kier molecular flexibility index (Phi) is 8.56. The molecular formula is C27H28F2IN5O3. The first kappa shape index (κ1) is 27.8. The number of halogens is 3. The molecule has 2 aromatic heterocycles. The van der Waals surface area contributed by atoms with Gasteiger partial charge in [-0.05, 0) is 83.2 Å². The van der Waals surface area contributed by atoms with Crippen molar-refractivity contribution in [2.45, 2.75) is 37.8 Å². The Bertz CT molecular complexity index is 1330. The van der Waals surface area contributed by atoms with Gasteiger partial charge in [0.15, 0.2) is 0 Å². The van der Waals surface area contributed by atoms with E-state index in [1.165, 1.54) is 30.2 Å². The van der Waals surface area contributed by atoms with Crippen LogP contribution < -0.4 is 11.1 Å². The van der Waals surface area contributed by atoms with Crippen LogP contribution in [0.3, 0.4) is 0 Å². The molecule has 38 heavy (non-hydrogen) atoms. The second-order valence-corrected chi connectivity index (χ2v) is 10.6. The predicted octanol–water partition coefficient (Wildman–Crippen LogP) is 5.19. The van der Waals surface area contributed by atoms with Gasteiger partial charge < -0.3 is 20.7 Å². The van der Waals surface area contributed by atoms with Crippen LogP contribution in [0.2, 0.25) is 0 Å². The van der Waals surface area contributed by atoms with Gasteiger partial charge in [0.2, 0.25) is 0 Å². The lowest BCUT2D eigenvalue weighted by Gasteiger charge is -2.43. The maximum Gasteiger partial charge on any atom is 0.409 e. The van der Waals surface area contributed by atoms with Gasteiger partial charge in [0.05, 0.1) is 30.6 Å². The van der Waals surface area contributed by atoms with Crippen molar-refractivity contribution >= 4 is 40.3 Å². The quantitative estimate of drug-likeness (QED) is 0.374. The molecule has 0 bridgehead atoms. The molecule has 200 valence electrons. The summed E-state index contributed by atoms with van der Waals surface area (Å²) < 4.78 is 34.5. The number of carbonyl (C=O) groups excluding carboxylic acids is 2. The highest BCUT2D eigenvalue weighted by atomic mass is 127. The van der Waals surface area contributed by atoms with Gasteiger partial charge in [-0.15, -0.1) is 0 Å². The molecular weight excluding hydrogens is 607 g/mol. The highest BCUT2D eigenvalue weighted by molar-refractivity contribution is 14.1. The van der Waals surface area contributed by atoms with Gasteiger partial charge >= 0.3 is 6.09 Å². The van der Waals surface area contributed by atoms with E-state index in [2.05, 4.69) is 15.3 Å². The number of rotatable bonds is 5. The maximum absolute atomic E-state index is 14.6. The molecule has 1 aliphatic rings. The number of benzene rings is 1. The van der Waals surface area contributed by atoms with Gasteiger partial charge in [0.25, 0.3) is 5.91 Å². The zero-order valence-electron chi connectivity index (χ0n) is 21.1. The smallest absolute Gasteiger partial charge is 0.409 e. The fraction of sp³-hybridized carbons (Fsp3) is 0.333. The van der Waals surface area contributed by atoms with Crippen molar-refractivity contribution in [1.82, 2.24) is 14.9 Å². The van der Waals surface area contributed by atoms with Gasteiger partial charge in [-0.25, -0.2) is 18.6 Å². The van der Waals surface area contributed by atoms with Crippen LogP contribution in [0.15, 0.2) is 48.8 Å². The molecule has 2 amide bonds. The Hall–Kier alpha value is -3.19. The van der Waals surface area contributed by atoms with Crippen molar-refractivity contribution in [3.8, 4) is 11.3 Å². The molecule has 3 aromatic rings. The number of pyridine rings is 2. The lowest BCUT2D eigenvalue weighted by Crippen LogP contribution is -2.55. The first-order chi connectivity index (χ1) is 18.1. The number of hydrogen-bond acceptors (Lipinski definition) is 6. The number of carbonyl (C=O) groups is 2. The summed E-state index contributed by atoms with van der Waals surface area (Å²) in [6.07, 6.45) is 4.04. The lowest BCUT2D eigenvalue weighted by atomic mass is 9.73. The standard InChI is InChI=1S/C27H28F2IN5O3/c1-14-11-15(12-20(31)25(14)35(2)27(37)38-3)16-9-10-32-13-22(16)34-26(36)21-8-7-18(29)24(33-21)23-17(28)5-4-6-19(23)30/h4-10,13-15,20,25H,11-12,31H2,1-3H3,(H,34,36)/t14-,15+,20+,25-/m0/s1. The van der Waals surface area contributed by atoms with Crippen LogP contribution in [0.4, 0.5) is 19.3 Å². The van der Waals surface area contributed by atoms with Gasteiger partial charge in [0, 0.05) is 22.9 Å². The van der Waals surface area contributed by atoms with E-state index in [-0.39, 0.29) is 40.9 Å². The Morgan fingerprint density at radius 2 is 1.92 bits per heavy atom. The molecule has 1 saturated carbocycles. The van der Waals surface area contributed by atoms with Gasteiger partial charge in [0.1, 0.15) is 23.0 Å². The monoisotopic (exact) mass is 635 g/mol. The Balaban J connectivity index is 1.58. The van der Waals surface area contributed by atoms with Crippen LogP contribution in [-0.4, -0.2) is 53.1 Å². The van der Waals surface area contributed by atoms with Crippen LogP contribution in [0.25, 0.3) is 11.3 Å². The number of methoxy groups -OCH3 is 1. The molecule has 0 aliphatic heterocycles.